The van der Waals surface area contributed by atoms with Crippen molar-refractivity contribution in [3.8, 4) is 0 Å². The summed E-state index contributed by atoms with van der Waals surface area (Å²) < 4.78 is 20.0. The lowest BCUT2D eigenvalue weighted by Gasteiger charge is -2.36. The highest BCUT2D eigenvalue weighted by Crippen LogP contribution is 2.24. The number of halogens is 1. The number of aromatic nitrogens is 3. The Bertz CT molecular complexity index is 1460. The molecule has 200 valence electrons. The number of amides is 2. The normalized spacial score (nSPS) is 17.5. The molecule has 10 heteroatoms. The average molecular weight is 521 g/mol. The predicted molar refractivity (Wildman–Crippen MR) is 143 cm³/mol. The van der Waals surface area contributed by atoms with Crippen LogP contribution >= 0.6 is 0 Å². The van der Waals surface area contributed by atoms with Crippen LogP contribution in [0.2, 0.25) is 0 Å². The number of imidazole rings is 1. The number of nitrogens with zero attached hydrogens (tertiary/aromatic N) is 3. The molecule has 0 aliphatic carbocycles. The van der Waals surface area contributed by atoms with Crippen molar-refractivity contribution in [2.45, 2.75) is 71.0 Å². The zero-order valence-corrected chi connectivity index (χ0v) is 21.9. The van der Waals surface area contributed by atoms with Gasteiger partial charge in [-0.05, 0) is 69.4 Å². The van der Waals surface area contributed by atoms with Gasteiger partial charge in [0.15, 0.2) is 11.4 Å². The van der Waals surface area contributed by atoms with E-state index in [0.717, 1.165) is 31.2 Å². The van der Waals surface area contributed by atoms with Gasteiger partial charge in [-0.25, -0.2) is 9.37 Å². The van der Waals surface area contributed by atoms with E-state index in [0.29, 0.717) is 29.0 Å². The second-order valence-electron chi connectivity index (χ2n) is 10.0. The summed E-state index contributed by atoms with van der Waals surface area (Å²) in [7, 11) is 0. The number of para-hydroxylation sites is 1. The van der Waals surface area contributed by atoms with E-state index in [9.17, 15) is 14.0 Å². The number of carbonyl (C=O) groups excluding carboxylic acids is 2. The van der Waals surface area contributed by atoms with Gasteiger partial charge in [0, 0.05) is 12.6 Å². The van der Waals surface area contributed by atoms with Crippen LogP contribution in [0.1, 0.15) is 63.4 Å². The minimum absolute atomic E-state index is 0.0540. The van der Waals surface area contributed by atoms with Crippen molar-refractivity contribution in [2.75, 3.05) is 11.9 Å². The molecule has 4 aromatic rings. The van der Waals surface area contributed by atoms with Crippen LogP contribution in [0.25, 0.3) is 22.1 Å². The number of oxazole rings is 1. The summed E-state index contributed by atoms with van der Waals surface area (Å²) in [6.07, 6.45) is 3.84. The average Bonchev–Trinajstić information content (AvgIpc) is 3.52. The van der Waals surface area contributed by atoms with Crippen LogP contribution in [-0.2, 0) is 9.59 Å². The number of likely N-dealkylation sites (tertiary alicyclic amines) is 1. The lowest BCUT2D eigenvalue weighted by atomic mass is 9.99. The molecule has 3 heterocycles. The Morgan fingerprint density at radius 1 is 1.24 bits per heavy atom. The van der Waals surface area contributed by atoms with Gasteiger partial charge in [-0.15, -0.1) is 0 Å². The van der Waals surface area contributed by atoms with Gasteiger partial charge in [0.05, 0.1) is 18.0 Å². The molecule has 3 atom stereocenters. The van der Waals surface area contributed by atoms with Crippen molar-refractivity contribution >= 4 is 40.0 Å². The summed E-state index contributed by atoms with van der Waals surface area (Å²) in [5.41, 5.74) is 3.03. The largest absolute Gasteiger partial charge is 0.424 e. The number of aryl methyl sites for hydroxylation is 1. The first-order valence-corrected chi connectivity index (χ1v) is 13.2. The van der Waals surface area contributed by atoms with Crippen LogP contribution in [0.15, 0.2) is 40.8 Å². The van der Waals surface area contributed by atoms with Crippen LogP contribution in [-0.4, -0.2) is 50.3 Å². The Kier molecular flexibility index (Phi) is 7.31. The second kappa shape index (κ2) is 10.8. The summed E-state index contributed by atoms with van der Waals surface area (Å²) in [5, 5.41) is 5.97. The van der Waals surface area contributed by atoms with Crippen LogP contribution < -0.4 is 10.6 Å². The maximum Gasteiger partial charge on any atom is 0.296 e. The maximum atomic E-state index is 14.2. The maximum absolute atomic E-state index is 14.2. The van der Waals surface area contributed by atoms with Crippen molar-refractivity contribution in [3.63, 3.8) is 0 Å². The third kappa shape index (κ3) is 5.34. The third-order valence-corrected chi connectivity index (χ3v) is 7.21. The number of hydrogen-bond acceptors (Lipinski definition) is 6. The molecule has 0 saturated carbocycles. The van der Waals surface area contributed by atoms with Crippen molar-refractivity contribution in [1.29, 1.82) is 0 Å². The molecule has 1 aliphatic heterocycles. The van der Waals surface area contributed by atoms with Crippen LogP contribution in [0.3, 0.4) is 0 Å². The SMILES string of the molecule is CC[C@H]1CCCCN1C(=O)CC(Nc1nc2ccc(C)cc2o1)C(=O)NC(C)c1nc2c(F)cccc2[nH]1. The minimum atomic E-state index is -0.931. The van der Waals surface area contributed by atoms with E-state index < -0.39 is 23.8 Å². The van der Waals surface area contributed by atoms with Crippen LogP contribution in [0.4, 0.5) is 10.4 Å². The number of fused-ring (bicyclic) bond motifs is 2. The molecule has 2 unspecified atom stereocenters. The number of carbonyl (C=O) groups is 2. The van der Waals surface area contributed by atoms with E-state index in [1.54, 1.807) is 19.1 Å². The Morgan fingerprint density at radius 2 is 2.08 bits per heavy atom. The number of H-pyrrole nitrogens is 1. The van der Waals surface area contributed by atoms with Gasteiger partial charge < -0.3 is 24.9 Å². The van der Waals surface area contributed by atoms with E-state index in [4.69, 9.17) is 4.42 Å². The topological polar surface area (TPSA) is 116 Å². The summed E-state index contributed by atoms with van der Waals surface area (Å²) in [4.78, 5) is 40.7. The number of nitrogens with one attached hydrogen (secondary N) is 3. The molecule has 0 spiro atoms. The first-order valence-electron chi connectivity index (χ1n) is 13.2. The Morgan fingerprint density at radius 3 is 2.87 bits per heavy atom. The van der Waals surface area contributed by atoms with E-state index >= 15 is 0 Å². The molecule has 5 rings (SSSR count). The fraction of sp³-hybridized carbons (Fsp3) is 0.429. The van der Waals surface area contributed by atoms with Crippen molar-refractivity contribution in [2.24, 2.45) is 0 Å². The number of hydrogen-bond donors (Lipinski definition) is 3. The molecule has 1 saturated heterocycles. The molecule has 1 aliphatic rings. The lowest BCUT2D eigenvalue weighted by molar-refractivity contribution is -0.137. The standard InChI is InChI=1S/C28H33FN6O3/c1-4-18-8-5-6-13-35(18)24(36)15-22(33-28-32-20-12-11-16(2)14-23(20)38-28)27(37)30-17(3)26-31-21-10-7-9-19(29)25(21)34-26/h7,9-12,14,17-18,22H,4-6,8,13,15H2,1-3H3,(H,30,37)(H,31,34)(H,32,33)/t17?,18-,22?/m0/s1. The molecule has 2 amide bonds. The molecular formula is C28H33FN6O3. The smallest absolute Gasteiger partial charge is 0.296 e. The molecule has 0 radical (unpaired) electrons. The van der Waals surface area contributed by atoms with Crippen molar-refractivity contribution < 1.29 is 18.4 Å². The first kappa shape index (κ1) is 25.7. The summed E-state index contributed by atoms with van der Waals surface area (Å²) in [6.45, 7) is 6.48. The van der Waals surface area contributed by atoms with E-state index in [2.05, 4.69) is 32.5 Å². The summed E-state index contributed by atoms with van der Waals surface area (Å²) >= 11 is 0. The number of anilines is 1. The van der Waals surface area contributed by atoms with Crippen LogP contribution in [0, 0.1) is 12.7 Å². The molecule has 38 heavy (non-hydrogen) atoms. The van der Waals surface area contributed by atoms with E-state index in [-0.39, 0.29) is 29.9 Å². The van der Waals surface area contributed by atoms with Gasteiger partial charge in [0.25, 0.3) is 6.01 Å². The molecule has 2 aromatic carbocycles. The van der Waals surface area contributed by atoms with Gasteiger partial charge in [0.2, 0.25) is 11.8 Å². The molecule has 1 fully saturated rings. The zero-order valence-electron chi connectivity index (χ0n) is 21.9. The van der Waals surface area contributed by atoms with Crippen LogP contribution in [0.5, 0.6) is 0 Å². The van der Waals surface area contributed by atoms with Gasteiger partial charge in [0.1, 0.15) is 22.9 Å². The molecule has 0 bridgehead atoms. The number of benzene rings is 2. The fourth-order valence-electron chi connectivity index (χ4n) is 5.10. The highest BCUT2D eigenvalue weighted by Gasteiger charge is 2.31. The third-order valence-electron chi connectivity index (χ3n) is 7.21. The van der Waals surface area contributed by atoms with Gasteiger partial charge in [-0.3, -0.25) is 9.59 Å². The summed E-state index contributed by atoms with van der Waals surface area (Å²) in [5.74, 6) is -0.514. The first-order chi connectivity index (χ1) is 18.3. The molecule has 9 nitrogen and oxygen atoms in total. The highest BCUT2D eigenvalue weighted by atomic mass is 19.1. The second-order valence-corrected chi connectivity index (χ2v) is 10.0. The molecule has 3 N–H and O–H groups in total. The number of aromatic amines is 1. The van der Waals surface area contributed by atoms with Gasteiger partial charge in [-0.1, -0.05) is 19.1 Å². The fourth-order valence-corrected chi connectivity index (χ4v) is 5.10. The van der Waals surface area contributed by atoms with E-state index in [1.807, 2.05) is 30.0 Å². The Hall–Kier alpha value is -3.95. The molecular weight excluding hydrogens is 487 g/mol. The van der Waals surface area contributed by atoms with Gasteiger partial charge in [-0.2, -0.15) is 4.98 Å². The highest BCUT2D eigenvalue weighted by molar-refractivity contribution is 5.91. The van der Waals surface area contributed by atoms with Crippen molar-refractivity contribution in [3.05, 3.63) is 53.6 Å². The predicted octanol–water partition coefficient (Wildman–Crippen LogP) is 4.99. The van der Waals surface area contributed by atoms with Gasteiger partial charge >= 0.3 is 0 Å². The monoisotopic (exact) mass is 520 g/mol. The Balaban J connectivity index is 1.37. The quantitative estimate of drug-likeness (QED) is 0.301. The summed E-state index contributed by atoms with van der Waals surface area (Å²) in [6, 6.07) is 9.18. The zero-order chi connectivity index (χ0) is 26.8. The Labute approximate surface area is 220 Å². The van der Waals surface area contributed by atoms with E-state index in [1.165, 1.54) is 6.07 Å². The number of piperidine rings is 1. The van der Waals surface area contributed by atoms with Crippen molar-refractivity contribution in [1.82, 2.24) is 25.2 Å². The molecule has 2 aromatic heterocycles. The minimum Gasteiger partial charge on any atom is -0.424 e. The lowest BCUT2D eigenvalue weighted by Crippen LogP contribution is -2.48. The number of rotatable bonds is 8.